The average molecular weight is 841 g/mol. The molecule has 14 aromatic rings. The van der Waals surface area contributed by atoms with Crippen molar-refractivity contribution in [3.63, 3.8) is 0 Å². The summed E-state index contributed by atoms with van der Waals surface area (Å²) < 4.78 is 8.89. The van der Waals surface area contributed by atoms with Gasteiger partial charge in [0.1, 0.15) is 11.2 Å². The van der Waals surface area contributed by atoms with Crippen LogP contribution in [0.1, 0.15) is 0 Å². The van der Waals surface area contributed by atoms with Gasteiger partial charge in [0.15, 0.2) is 17.5 Å². The maximum atomic E-state index is 6.39. The molecule has 0 amide bonds. The minimum atomic E-state index is 0.572. The van der Waals surface area contributed by atoms with Crippen LogP contribution in [0.2, 0.25) is 0 Å². The van der Waals surface area contributed by atoms with Gasteiger partial charge in [-0.1, -0.05) is 170 Å². The molecule has 306 valence electrons. The van der Waals surface area contributed by atoms with Gasteiger partial charge < -0.3 is 8.98 Å². The van der Waals surface area contributed by atoms with E-state index in [4.69, 9.17) is 19.4 Å². The number of hydrogen-bond donors (Lipinski definition) is 0. The Hall–Kier alpha value is -8.93. The summed E-state index contributed by atoms with van der Waals surface area (Å²) in [5.74, 6) is 1.76. The van der Waals surface area contributed by atoms with Crippen molar-refractivity contribution in [3.8, 4) is 51.0 Å². The van der Waals surface area contributed by atoms with E-state index >= 15 is 0 Å². The van der Waals surface area contributed by atoms with E-state index in [1.165, 1.54) is 37.8 Å². The molecular formula is C61H36N4O. The molecule has 0 aliphatic rings. The van der Waals surface area contributed by atoms with E-state index in [0.717, 1.165) is 82.5 Å². The van der Waals surface area contributed by atoms with Gasteiger partial charge >= 0.3 is 0 Å². The molecule has 0 saturated heterocycles. The second-order valence-electron chi connectivity index (χ2n) is 17.1. The first-order valence-corrected chi connectivity index (χ1v) is 22.3. The van der Waals surface area contributed by atoms with Gasteiger partial charge in [0, 0.05) is 49.0 Å². The van der Waals surface area contributed by atoms with Gasteiger partial charge in [-0.15, -0.1) is 0 Å². The van der Waals surface area contributed by atoms with Crippen molar-refractivity contribution < 1.29 is 4.42 Å². The van der Waals surface area contributed by atoms with Crippen LogP contribution < -0.4 is 0 Å². The zero-order chi connectivity index (χ0) is 43.3. The number of para-hydroxylation sites is 1. The monoisotopic (exact) mass is 840 g/mol. The molecule has 3 aromatic heterocycles. The zero-order valence-electron chi connectivity index (χ0n) is 35.5. The molecule has 0 aliphatic heterocycles. The lowest BCUT2D eigenvalue weighted by molar-refractivity contribution is 0.669. The number of furan rings is 1. The van der Waals surface area contributed by atoms with Gasteiger partial charge in [-0.25, -0.2) is 15.0 Å². The van der Waals surface area contributed by atoms with Crippen LogP contribution in [0, 0.1) is 0 Å². The van der Waals surface area contributed by atoms with Gasteiger partial charge in [0.25, 0.3) is 0 Å². The Labute approximate surface area is 378 Å². The van der Waals surface area contributed by atoms with Crippen LogP contribution in [-0.2, 0) is 0 Å². The molecule has 0 unspecified atom stereocenters. The average Bonchev–Trinajstić information content (AvgIpc) is 3.92. The Morgan fingerprint density at radius 1 is 0.318 bits per heavy atom. The second-order valence-corrected chi connectivity index (χ2v) is 17.1. The number of rotatable bonds is 5. The van der Waals surface area contributed by atoms with Gasteiger partial charge in [0.05, 0.1) is 16.7 Å². The molecule has 66 heavy (non-hydrogen) atoms. The largest absolute Gasteiger partial charge is 0.456 e. The predicted molar refractivity (Wildman–Crippen MR) is 273 cm³/mol. The van der Waals surface area contributed by atoms with Crippen molar-refractivity contribution in [1.82, 2.24) is 19.5 Å². The third-order valence-corrected chi connectivity index (χ3v) is 13.4. The van der Waals surface area contributed by atoms with Crippen molar-refractivity contribution >= 4 is 86.8 Å². The minimum absolute atomic E-state index is 0.572. The molecule has 11 aromatic carbocycles. The highest BCUT2D eigenvalue weighted by molar-refractivity contribution is 6.22. The minimum Gasteiger partial charge on any atom is -0.456 e. The van der Waals surface area contributed by atoms with Crippen molar-refractivity contribution in [2.75, 3.05) is 0 Å². The van der Waals surface area contributed by atoms with E-state index in [-0.39, 0.29) is 0 Å². The predicted octanol–water partition coefficient (Wildman–Crippen LogP) is 16.1. The summed E-state index contributed by atoms with van der Waals surface area (Å²) >= 11 is 0. The Balaban J connectivity index is 1.08. The summed E-state index contributed by atoms with van der Waals surface area (Å²) in [6.07, 6.45) is 0. The van der Waals surface area contributed by atoms with Gasteiger partial charge in [-0.05, 0) is 92.0 Å². The molecular weight excluding hydrogens is 805 g/mol. The smallest absolute Gasteiger partial charge is 0.164 e. The summed E-state index contributed by atoms with van der Waals surface area (Å²) in [5, 5.41) is 13.8. The Kier molecular flexibility index (Phi) is 7.91. The summed E-state index contributed by atoms with van der Waals surface area (Å²) in [7, 11) is 0. The van der Waals surface area contributed by atoms with Crippen LogP contribution in [0.4, 0.5) is 0 Å². The van der Waals surface area contributed by atoms with E-state index in [9.17, 15) is 0 Å². The van der Waals surface area contributed by atoms with Crippen LogP contribution in [0.5, 0.6) is 0 Å². The number of aromatic nitrogens is 4. The topological polar surface area (TPSA) is 56.7 Å². The number of nitrogens with zero attached hydrogens (tertiary/aromatic N) is 4. The van der Waals surface area contributed by atoms with Crippen LogP contribution in [-0.4, -0.2) is 19.5 Å². The van der Waals surface area contributed by atoms with Crippen molar-refractivity contribution in [2.45, 2.75) is 0 Å². The SMILES string of the molecule is c1ccc(-c2cccc3c(-c4nc(-c5ccc6ccccc6c5)nc(-c5ccc6c(c5)oc5ccccc56)n4)ccc(-n4c5cc6ccccc6cc5c5ccc6ccccc6c54)c23)cc1. The van der Waals surface area contributed by atoms with Crippen LogP contribution in [0.25, 0.3) is 138 Å². The first-order valence-electron chi connectivity index (χ1n) is 22.3. The summed E-state index contributed by atoms with van der Waals surface area (Å²) in [6.45, 7) is 0. The van der Waals surface area contributed by atoms with E-state index in [0.29, 0.717) is 17.5 Å². The highest BCUT2D eigenvalue weighted by Gasteiger charge is 2.23. The molecule has 0 atom stereocenters. The highest BCUT2D eigenvalue weighted by Crippen LogP contribution is 2.44. The highest BCUT2D eigenvalue weighted by atomic mass is 16.3. The summed E-state index contributed by atoms with van der Waals surface area (Å²) in [6, 6.07) is 77.7. The maximum Gasteiger partial charge on any atom is 0.164 e. The lowest BCUT2D eigenvalue weighted by Crippen LogP contribution is -2.02. The fourth-order valence-electron chi connectivity index (χ4n) is 10.3. The number of benzene rings is 11. The maximum absolute atomic E-state index is 6.39. The van der Waals surface area contributed by atoms with Gasteiger partial charge in [-0.2, -0.15) is 0 Å². The molecule has 0 N–H and O–H groups in total. The van der Waals surface area contributed by atoms with Crippen molar-refractivity contribution in [1.29, 1.82) is 0 Å². The van der Waals surface area contributed by atoms with Crippen LogP contribution >= 0.6 is 0 Å². The van der Waals surface area contributed by atoms with E-state index in [1.54, 1.807) is 0 Å². The Bertz CT molecular complexity index is 4300. The molecule has 14 rings (SSSR count). The molecule has 0 saturated carbocycles. The summed E-state index contributed by atoms with van der Waals surface area (Å²) in [5.41, 5.74) is 9.99. The van der Waals surface area contributed by atoms with Crippen LogP contribution in [0.15, 0.2) is 223 Å². The van der Waals surface area contributed by atoms with Crippen molar-refractivity contribution in [2.24, 2.45) is 0 Å². The molecule has 0 bridgehead atoms. The Morgan fingerprint density at radius 2 is 0.924 bits per heavy atom. The number of hydrogen-bond acceptors (Lipinski definition) is 4. The second kappa shape index (κ2) is 14.3. The first-order chi connectivity index (χ1) is 32.7. The van der Waals surface area contributed by atoms with E-state index < -0.39 is 0 Å². The molecule has 3 heterocycles. The summed E-state index contributed by atoms with van der Waals surface area (Å²) in [4.78, 5) is 16.0. The molecule has 0 fully saturated rings. The fraction of sp³-hybridized carbons (Fsp3) is 0. The first kappa shape index (κ1) is 36.5. The third-order valence-electron chi connectivity index (χ3n) is 13.4. The van der Waals surface area contributed by atoms with Crippen LogP contribution in [0.3, 0.4) is 0 Å². The zero-order valence-corrected chi connectivity index (χ0v) is 35.5. The van der Waals surface area contributed by atoms with E-state index in [1.807, 2.05) is 18.2 Å². The number of fused-ring (bicyclic) bond motifs is 11. The van der Waals surface area contributed by atoms with Gasteiger partial charge in [0.2, 0.25) is 0 Å². The van der Waals surface area contributed by atoms with E-state index in [2.05, 4.69) is 205 Å². The molecule has 0 spiro atoms. The quantitative estimate of drug-likeness (QED) is 0.173. The Morgan fingerprint density at radius 3 is 1.76 bits per heavy atom. The van der Waals surface area contributed by atoms with Crippen molar-refractivity contribution in [3.05, 3.63) is 218 Å². The third kappa shape index (κ3) is 5.63. The molecule has 0 radical (unpaired) electrons. The standard InChI is InChI=1S/C61H36N4O/c1-2-14-38(15-3-1)45-22-12-23-49-51(31-32-53(57(45)49)65-54-35-42-19-7-6-18-41(42)34-52(54)50-30-27-39-16-8-9-20-46(39)58(50)65)61-63-59(43-26-25-37-13-4-5-17-40(37)33-43)62-60(64-61)44-28-29-48-47-21-10-11-24-55(47)66-56(48)36-44/h1-36H. The molecule has 5 heteroatoms. The molecule has 5 nitrogen and oxygen atoms in total. The normalized spacial score (nSPS) is 11.9. The van der Waals surface area contributed by atoms with Gasteiger partial charge in [-0.3, -0.25) is 0 Å². The lowest BCUT2D eigenvalue weighted by atomic mass is 9.93. The lowest BCUT2D eigenvalue weighted by Gasteiger charge is -2.19. The molecule has 0 aliphatic carbocycles. The fourth-order valence-corrected chi connectivity index (χ4v) is 10.3.